The Hall–Kier alpha value is -1.28. The van der Waals surface area contributed by atoms with E-state index in [0.717, 1.165) is 31.7 Å². The van der Waals surface area contributed by atoms with Crippen molar-refractivity contribution in [3.63, 3.8) is 0 Å². The van der Waals surface area contributed by atoms with Gasteiger partial charge >= 0.3 is 5.97 Å². The molecule has 130 valence electrons. The molecule has 1 aromatic rings. The van der Waals surface area contributed by atoms with Crippen LogP contribution in [0.4, 0.5) is 0 Å². The number of hydrogen-bond acceptors (Lipinski definition) is 5. The van der Waals surface area contributed by atoms with Crippen molar-refractivity contribution in [1.29, 1.82) is 0 Å². The molecule has 1 atom stereocenters. The molecule has 0 aromatic carbocycles. The second kappa shape index (κ2) is 8.01. The van der Waals surface area contributed by atoms with Crippen LogP contribution < -0.4 is 0 Å². The Labute approximate surface area is 138 Å². The second-order valence-electron chi connectivity index (χ2n) is 7.64. The lowest BCUT2D eigenvalue weighted by molar-refractivity contribution is -0.143. The lowest BCUT2D eigenvalue weighted by Gasteiger charge is -2.19. The minimum absolute atomic E-state index is 0.241. The summed E-state index contributed by atoms with van der Waals surface area (Å²) in [5.41, 5.74) is 0. The zero-order valence-corrected chi connectivity index (χ0v) is 15.4. The highest BCUT2D eigenvalue weighted by molar-refractivity contribution is 6.76. The Bertz CT molecular complexity index is 509. The number of aromatic nitrogens is 4. The molecule has 0 amide bonds. The topological polar surface area (TPSA) is 90.1 Å². The smallest absolute Gasteiger partial charge is 0.307 e. The molecule has 7 nitrogen and oxygen atoms in total. The number of carboxylic acid groups (broad SMARTS) is 1. The highest BCUT2D eigenvalue weighted by Crippen LogP contribution is 2.33. The Kier molecular flexibility index (Phi) is 6.29. The molecule has 1 saturated carbocycles. The maximum absolute atomic E-state index is 11.6. The number of nitrogens with zero attached hydrogens (tertiary/aromatic N) is 4. The third kappa shape index (κ3) is 5.69. The summed E-state index contributed by atoms with van der Waals surface area (Å²) in [6, 6.07) is 1.09. The van der Waals surface area contributed by atoms with Crippen LogP contribution in [0.3, 0.4) is 0 Å². The Balaban J connectivity index is 1.90. The van der Waals surface area contributed by atoms with Crippen LogP contribution in [-0.2, 0) is 22.7 Å². The average Bonchev–Trinajstić information content (AvgIpc) is 3.11. The summed E-state index contributed by atoms with van der Waals surface area (Å²) in [5.74, 6) is -0.293. The van der Waals surface area contributed by atoms with Crippen LogP contribution in [0.5, 0.6) is 0 Å². The van der Waals surface area contributed by atoms with E-state index < -0.39 is 20.0 Å². The summed E-state index contributed by atoms with van der Waals surface area (Å²) in [7, 11) is -1.12. The van der Waals surface area contributed by atoms with Crippen molar-refractivity contribution in [2.75, 3.05) is 6.61 Å². The van der Waals surface area contributed by atoms with E-state index in [1.54, 1.807) is 4.68 Å². The molecule has 1 fully saturated rings. The summed E-state index contributed by atoms with van der Waals surface area (Å²) < 4.78 is 7.26. The van der Waals surface area contributed by atoms with Crippen molar-refractivity contribution >= 4 is 14.0 Å². The molecule has 0 unspecified atom stereocenters. The van der Waals surface area contributed by atoms with Gasteiger partial charge in [0.15, 0.2) is 5.82 Å². The molecule has 2 rings (SSSR count). The van der Waals surface area contributed by atoms with Crippen LogP contribution in [0, 0.1) is 11.8 Å². The van der Waals surface area contributed by atoms with E-state index in [4.69, 9.17) is 4.74 Å². The predicted octanol–water partition coefficient (Wildman–Crippen LogP) is 2.42. The Morgan fingerprint density at radius 1 is 1.39 bits per heavy atom. The molecular formula is C15H28N4O3Si. The lowest BCUT2D eigenvalue weighted by Crippen LogP contribution is -2.26. The molecule has 0 radical (unpaired) electrons. The van der Waals surface area contributed by atoms with Gasteiger partial charge in [0, 0.05) is 21.1 Å². The van der Waals surface area contributed by atoms with Crippen LogP contribution in [0.25, 0.3) is 0 Å². The van der Waals surface area contributed by atoms with Gasteiger partial charge in [-0.3, -0.25) is 4.79 Å². The number of aliphatic carboxylic acids is 1. The van der Waals surface area contributed by atoms with Crippen molar-refractivity contribution in [2.24, 2.45) is 11.8 Å². The van der Waals surface area contributed by atoms with Crippen molar-refractivity contribution in [3.8, 4) is 0 Å². The van der Waals surface area contributed by atoms with Crippen molar-refractivity contribution in [2.45, 2.75) is 64.5 Å². The molecule has 0 aliphatic heterocycles. The standard InChI is InChI=1S/C15H28N4O3Si/c1-23(2,3)9-8-22-11-19-14(16-17-18-19)10-13(15(20)21)12-6-4-5-7-12/h12-13H,4-11H2,1-3H3,(H,20,21)/t13-/m1/s1. The molecule has 1 heterocycles. The van der Waals surface area contributed by atoms with Crippen LogP contribution in [0.15, 0.2) is 0 Å². The molecule has 23 heavy (non-hydrogen) atoms. The summed E-state index contributed by atoms with van der Waals surface area (Å²) in [6.07, 6.45) is 4.61. The third-order valence-electron chi connectivity index (χ3n) is 4.50. The first-order valence-corrected chi connectivity index (χ1v) is 12.1. The van der Waals surface area contributed by atoms with Gasteiger partial charge in [-0.1, -0.05) is 32.5 Å². The molecule has 1 N–H and O–H groups in total. The van der Waals surface area contributed by atoms with Gasteiger partial charge in [0.25, 0.3) is 0 Å². The number of rotatable bonds is 9. The van der Waals surface area contributed by atoms with Gasteiger partial charge in [-0.05, 0) is 35.2 Å². The van der Waals surface area contributed by atoms with Gasteiger partial charge < -0.3 is 9.84 Å². The molecular weight excluding hydrogens is 312 g/mol. The first-order valence-electron chi connectivity index (χ1n) is 8.42. The number of hydrogen-bond donors (Lipinski definition) is 1. The van der Waals surface area contributed by atoms with Crippen LogP contribution in [-0.4, -0.2) is 46.0 Å². The van der Waals surface area contributed by atoms with Crippen molar-refractivity contribution in [3.05, 3.63) is 5.82 Å². The summed E-state index contributed by atoms with van der Waals surface area (Å²) in [6.45, 7) is 7.90. The molecule has 1 aromatic heterocycles. The van der Waals surface area contributed by atoms with Gasteiger partial charge in [-0.2, -0.15) is 0 Å². The van der Waals surface area contributed by atoms with Gasteiger partial charge in [0.05, 0.1) is 5.92 Å². The highest BCUT2D eigenvalue weighted by Gasteiger charge is 2.32. The monoisotopic (exact) mass is 340 g/mol. The van der Waals surface area contributed by atoms with E-state index in [2.05, 4.69) is 35.2 Å². The Morgan fingerprint density at radius 2 is 2.09 bits per heavy atom. The number of carboxylic acids is 1. The zero-order valence-electron chi connectivity index (χ0n) is 14.4. The molecule has 1 aliphatic rings. The second-order valence-corrected chi connectivity index (χ2v) is 13.3. The summed E-state index contributed by atoms with van der Waals surface area (Å²) >= 11 is 0. The number of carbonyl (C=O) groups is 1. The largest absolute Gasteiger partial charge is 0.481 e. The normalized spacial score (nSPS) is 17.5. The van der Waals surface area contributed by atoms with E-state index in [1.165, 1.54) is 0 Å². The molecule has 0 bridgehead atoms. The first-order chi connectivity index (χ1) is 10.9. The maximum atomic E-state index is 11.6. The third-order valence-corrected chi connectivity index (χ3v) is 6.21. The predicted molar refractivity (Wildman–Crippen MR) is 88.7 cm³/mol. The molecule has 0 saturated heterocycles. The van der Waals surface area contributed by atoms with Crippen molar-refractivity contribution < 1.29 is 14.6 Å². The van der Waals surface area contributed by atoms with E-state index in [1.807, 2.05) is 0 Å². The maximum Gasteiger partial charge on any atom is 0.307 e. The summed E-state index contributed by atoms with van der Waals surface area (Å²) in [5, 5.41) is 21.2. The zero-order chi connectivity index (χ0) is 16.9. The van der Waals surface area contributed by atoms with Crippen molar-refractivity contribution in [1.82, 2.24) is 20.2 Å². The van der Waals surface area contributed by atoms with E-state index >= 15 is 0 Å². The fraction of sp³-hybridized carbons (Fsp3) is 0.867. The van der Waals surface area contributed by atoms with Gasteiger partial charge in [0.1, 0.15) is 6.73 Å². The van der Waals surface area contributed by atoms with Crippen LogP contribution in [0.1, 0.15) is 31.5 Å². The fourth-order valence-corrected chi connectivity index (χ4v) is 3.77. The van der Waals surface area contributed by atoms with Crippen LogP contribution in [0.2, 0.25) is 25.7 Å². The van der Waals surface area contributed by atoms with Gasteiger partial charge in [-0.15, -0.1) is 5.10 Å². The molecule has 8 heteroatoms. The molecule has 1 aliphatic carbocycles. The highest BCUT2D eigenvalue weighted by atomic mass is 28.3. The SMILES string of the molecule is C[Si](C)(C)CCOCn1nnnc1C[C@@H](C(=O)O)C1CCCC1. The quantitative estimate of drug-likeness (QED) is 0.548. The lowest BCUT2D eigenvalue weighted by atomic mass is 9.88. The average molecular weight is 341 g/mol. The van der Waals surface area contributed by atoms with E-state index in [9.17, 15) is 9.90 Å². The summed E-state index contributed by atoms with van der Waals surface area (Å²) in [4.78, 5) is 11.6. The van der Waals surface area contributed by atoms with E-state index in [-0.39, 0.29) is 5.92 Å². The fourth-order valence-electron chi connectivity index (χ4n) is 3.01. The minimum Gasteiger partial charge on any atom is -0.481 e. The Morgan fingerprint density at radius 3 is 2.70 bits per heavy atom. The molecule has 0 spiro atoms. The van der Waals surface area contributed by atoms with E-state index in [0.29, 0.717) is 25.6 Å². The number of ether oxygens (including phenoxy) is 1. The number of tetrazole rings is 1. The van der Waals surface area contributed by atoms with Gasteiger partial charge in [0.2, 0.25) is 0 Å². The minimum atomic E-state index is -1.12. The van der Waals surface area contributed by atoms with Crippen LogP contribution >= 0.6 is 0 Å². The van der Waals surface area contributed by atoms with Gasteiger partial charge in [-0.25, -0.2) is 4.68 Å². The first kappa shape index (κ1) is 18.1.